The maximum Gasteiger partial charge on any atom is 0.433 e. The van der Waals surface area contributed by atoms with Gasteiger partial charge in [-0.05, 0) is 43.4 Å². The van der Waals surface area contributed by atoms with E-state index in [1.165, 1.54) is 0 Å². The second kappa shape index (κ2) is 12.1. The summed E-state index contributed by atoms with van der Waals surface area (Å²) in [6.07, 6.45) is -1.66. The van der Waals surface area contributed by atoms with E-state index >= 15 is 0 Å². The van der Waals surface area contributed by atoms with Crippen LogP contribution in [0.1, 0.15) is 63.7 Å². The number of carboxylic acids is 1. The maximum atomic E-state index is 14.4. The number of nitrogens with zero attached hydrogens (tertiary/aromatic N) is 4. The van der Waals surface area contributed by atoms with E-state index in [1.807, 2.05) is 0 Å². The lowest BCUT2D eigenvalue weighted by molar-refractivity contribution is -0.147. The van der Waals surface area contributed by atoms with Gasteiger partial charge in [-0.25, -0.2) is 8.78 Å². The monoisotopic (exact) mass is 618 g/mol. The predicted molar refractivity (Wildman–Crippen MR) is 136 cm³/mol. The van der Waals surface area contributed by atoms with Gasteiger partial charge in [-0.1, -0.05) is 29.3 Å². The van der Waals surface area contributed by atoms with Crippen molar-refractivity contribution < 1.29 is 41.4 Å². The highest BCUT2D eigenvalue weighted by Gasteiger charge is 2.43. The van der Waals surface area contributed by atoms with Crippen LogP contribution in [0.5, 0.6) is 0 Å². The van der Waals surface area contributed by atoms with Gasteiger partial charge in [-0.15, -0.1) is 0 Å². The van der Waals surface area contributed by atoms with Crippen molar-refractivity contribution in [3.05, 3.63) is 80.9 Å². The number of carbonyl (C=O) groups is 3. The molecule has 4 rings (SSSR count). The van der Waals surface area contributed by atoms with Crippen molar-refractivity contribution in [3.8, 4) is 0 Å². The normalized spacial score (nSPS) is 17.3. The number of ketones is 1. The molecule has 218 valence electrons. The van der Waals surface area contributed by atoms with E-state index in [1.54, 1.807) is 0 Å². The molecule has 0 atom stereocenters. The molecule has 1 amide bonds. The van der Waals surface area contributed by atoms with Crippen molar-refractivity contribution >= 4 is 40.9 Å². The number of benzene rings is 1. The Bertz CT molecular complexity index is 1470. The molecule has 15 heteroatoms. The summed E-state index contributed by atoms with van der Waals surface area (Å²) in [5.41, 5.74) is -2.48. The summed E-state index contributed by atoms with van der Waals surface area (Å²) in [7, 11) is 0. The largest absolute Gasteiger partial charge is 0.481 e. The minimum atomic E-state index is -5.06. The molecule has 1 aliphatic carbocycles. The Balaban J connectivity index is 1.72. The van der Waals surface area contributed by atoms with E-state index in [4.69, 9.17) is 23.2 Å². The van der Waals surface area contributed by atoms with E-state index in [2.05, 4.69) is 10.1 Å². The number of halogens is 7. The summed E-state index contributed by atoms with van der Waals surface area (Å²) >= 11 is 12.1. The number of carbonyl (C=O) groups excluding carboxylic acids is 2. The van der Waals surface area contributed by atoms with Gasteiger partial charge in [0.05, 0.1) is 45.9 Å². The highest BCUT2D eigenvalue weighted by Crippen LogP contribution is 2.39. The molecular weight excluding hydrogens is 598 g/mol. The second-order valence-corrected chi connectivity index (χ2v) is 10.3. The van der Waals surface area contributed by atoms with Crippen molar-refractivity contribution in [2.75, 3.05) is 6.54 Å². The number of aromatic nitrogens is 3. The number of rotatable bonds is 8. The minimum Gasteiger partial charge on any atom is -0.481 e. The molecule has 2 aromatic heterocycles. The van der Waals surface area contributed by atoms with Crippen LogP contribution < -0.4 is 0 Å². The SMILES string of the molecule is O=C(CN(Cc1ccc(F)c(F)c1)C(=O)c1cnn([C@H]2CC[C@H](C(=O)O)CC2)c1C(F)(F)F)c1c(Cl)cncc1Cl. The van der Waals surface area contributed by atoms with E-state index in [0.717, 1.165) is 41.7 Å². The van der Waals surface area contributed by atoms with Gasteiger partial charge in [0.25, 0.3) is 5.91 Å². The number of pyridine rings is 1. The zero-order valence-corrected chi connectivity index (χ0v) is 22.5. The molecule has 1 aliphatic rings. The molecule has 0 aliphatic heterocycles. The highest BCUT2D eigenvalue weighted by atomic mass is 35.5. The predicted octanol–water partition coefficient (Wildman–Crippen LogP) is 6.22. The first-order valence-corrected chi connectivity index (χ1v) is 13.0. The van der Waals surface area contributed by atoms with Crippen LogP contribution in [-0.4, -0.2) is 49.0 Å². The van der Waals surface area contributed by atoms with Crippen LogP contribution in [0.3, 0.4) is 0 Å². The van der Waals surface area contributed by atoms with Crippen LogP contribution in [0.25, 0.3) is 0 Å². The van der Waals surface area contributed by atoms with Crippen LogP contribution in [0.2, 0.25) is 10.0 Å². The lowest BCUT2D eigenvalue weighted by Crippen LogP contribution is -2.37. The Morgan fingerprint density at radius 3 is 2.20 bits per heavy atom. The Morgan fingerprint density at radius 1 is 1.00 bits per heavy atom. The summed E-state index contributed by atoms with van der Waals surface area (Å²) in [6.45, 7) is -1.40. The first-order chi connectivity index (χ1) is 19.3. The molecule has 1 N–H and O–H groups in total. The molecule has 0 radical (unpaired) electrons. The Labute approximate surface area is 239 Å². The van der Waals surface area contributed by atoms with Gasteiger partial charge >= 0.3 is 12.1 Å². The minimum absolute atomic E-state index is 0.00934. The van der Waals surface area contributed by atoms with E-state index in [9.17, 15) is 41.4 Å². The fourth-order valence-electron chi connectivity index (χ4n) is 4.80. The molecule has 2 heterocycles. The smallest absolute Gasteiger partial charge is 0.433 e. The Kier molecular flexibility index (Phi) is 8.97. The van der Waals surface area contributed by atoms with Crippen LogP contribution >= 0.6 is 23.2 Å². The third-order valence-corrected chi connectivity index (χ3v) is 7.37. The van der Waals surface area contributed by atoms with Gasteiger partial charge in [-0.3, -0.25) is 24.0 Å². The summed E-state index contributed by atoms with van der Waals surface area (Å²) < 4.78 is 71.1. The molecule has 0 spiro atoms. The molecule has 0 bridgehead atoms. The first-order valence-electron chi connectivity index (χ1n) is 12.2. The average Bonchev–Trinajstić information content (AvgIpc) is 3.36. The van der Waals surface area contributed by atoms with Gasteiger partial charge in [0, 0.05) is 18.9 Å². The standard InChI is InChI=1S/C26H21Cl2F5N4O4/c27-17-9-34-10-18(28)22(17)21(38)12-36(11-13-1-6-19(29)20(30)7-13)24(39)16-8-35-37(23(16)26(31,32)33)15-4-2-14(3-5-15)25(40)41/h1,6-10,14-15H,2-5,11-12H2,(H,40,41)/t14-,15-. The second-order valence-electron chi connectivity index (χ2n) is 9.50. The number of aliphatic carboxylic acids is 1. The number of Topliss-reactive ketones (excluding diaryl/α,β-unsaturated/α-hetero) is 1. The van der Waals surface area contributed by atoms with Gasteiger partial charge in [-0.2, -0.15) is 18.3 Å². The molecule has 3 aromatic rings. The lowest BCUT2D eigenvalue weighted by Gasteiger charge is -2.28. The van der Waals surface area contributed by atoms with Crippen LogP contribution in [0.4, 0.5) is 22.0 Å². The van der Waals surface area contributed by atoms with Gasteiger partial charge in [0.1, 0.15) is 0 Å². The summed E-state index contributed by atoms with van der Waals surface area (Å²) in [5, 5.41) is 12.7. The fourth-order valence-corrected chi connectivity index (χ4v) is 5.38. The first kappa shape index (κ1) is 30.4. The molecule has 1 fully saturated rings. The van der Waals surface area contributed by atoms with Crippen molar-refractivity contribution in [1.82, 2.24) is 19.7 Å². The van der Waals surface area contributed by atoms with Crippen LogP contribution in [-0.2, 0) is 17.5 Å². The van der Waals surface area contributed by atoms with Gasteiger partial charge in [0.2, 0.25) is 0 Å². The number of hydrogen-bond donors (Lipinski definition) is 1. The van der Waals surface area contributed by atoms with E-state index in [-0.39, 0.29) is 46.9 Å². The molecule has 0 unspecified atom stereocenters. The van der Waals surface area contributed by atoms with Crippen molar-refractivity contribution in [2.45, 2.75) is 44.4 Å². The molecule has 0 saturated heterocycles. The molecule has 41 heavy (non-hydrogen) atoms. The molecule has 8 nitrogen and oxygen atoms in total. The zero-order valence-electron chi connectivity index (χ0n) is 21.0. The van der Waals surface area contributed by atoms with Crippen molar-refractivity contribution in [2.24, 2.45) is 5.92 Å². The number of amides is 1. The van der Waals surface area contributed by atoms with Crippen LogP contribution in [0.15, 0.2) is 36.8 Å². The quantitative estimate of drug-likeness (QED) is 0.237. The summed E-state index contributed by atoms with van der Waals surface area (Å²) in [4.78, 5) is 42.5. The van der Waals surface area contributed by atoms with Crippen LogP contribution in [0, 0.1) is 17.6 Å². The Hall–Kier alpha value is -3.58. The zero-order chi connectivity index (χ0) is 30.1. The maximum absolute atomic E-state index is 14.4. The summed E-state index contributed by atoms with van der Waals surface area (Å²) in [5.74, 6) is -6.28. The topological polar surface area (TPSA) is 105 Å². The lowest BCUT2D eigenvalue weighted by atomic mass is 9.86. The fraction of sp³-hybridized carbons (Fsp3) is 0.346. The van der Waals surface area contributed by atoms with E-state index < -0.39 is 71.8 Å². The third-order valence-electron chi connectivity index (χ3n) is 6.80. The number of hydrogen-bond acceptors (Lipinski definition) is 5. The molecular formula is C26H21Cl2F5N4O4. The van der Waals surface area contributed by atoms with E-state index in [0.29, 0.717) is 4.68 Å². The van der Waals surface area contributed by atoms with Crippen molar-refractivity contribution in [1.29, 1.82) is 0 Å². The highest BCUT2D eigenvalue weighted by molar-refractivity contribution is 6.39. The van der Waals surface area contributed by atoms with Crippen molar-refractivity contribution in [3.63, 3.8) is 0 Å². The van der Waals surface area contributed by atoms with Gasteiger partial charge < -0.3 is 10.0 Å². The number of alkyl halides is 3. The molecule has 1 aromatic carbocycles. The molecule has 1 saturated carbocycles. The summed E-state index contributed by atoms with van der Waals surface area (Å²) in [6, 6.07) is 1.82. The third kappa shape index (κ3) is 6.67. The van der Waals surface area contributed by atoms with Gasteiger partial charge in [0.15, 0.2) is 23.1 Å². The Morgan fingerprint density at radius 2 is 1.63 bits per heavy atom. The number of carboxylic acid groups (broad SMARTS) is 1. The average molecular weight is 619 g/mol.